The lowest BCUT2D eigenvalue weighted by atomic mass is 9.71. The van der Waals surface area contributed by atoms with Crippen LogP contribution in [0.5, 0.6) is 0 Å². The quantitative estimate of drug-likeness (QED) is 0.678. The van der Waals surface area contributed by atoms with Gasteiger partial charge in [0.15, 0.2) is 0 Å². The molecule has 1 saturated carbocycles. The van der Waals surface area contributed by atoms with Crippen molar-refractivity contribution in [3.63, 3.8) is 0 Å². The number of carbonyl (C=O) groups excluding carboxylic acids is 1. The Morgan fingerprint density at radius 1 is 1.17 bits per heavy atom. The second-order valence-corrected chi connectivity index (χ2v) is 6.08. The summed E-state index contributed by atoms with van der Waals surface area (Å²) < 4.78 is 0. The molecule has 5 nitrogen and oxygen atoms in total. The van der Waals surface area contributed by atoms with E-state index < -0.39 is 10.5 Å². The van der Waals surface area contributed by atoms with Crippen molar-refractivity contribution >= 4 is 23.2 Å². The van der Waals surface area contributed by atoms with Crippen LogP contribution in [0.1, 0.15) is 35.2 Å². The van der Waals surface area contributed by atoms with Gasteiger partial charge in [-0.2, -0.15) is 0 Å². The number of halogens is 1. The first-order chi connectivity index (χ1) is 11.0. The smallest absolute Gasteiger partial charge is 0.270 e. The predicted molar refractivity (Wildman–Crippen MR) is 87.5 cm³/mol. The first-order valence-corrected chi connectivity index (χ1v) is 7.72. The van der Waals surface area contributed by atoms with Crippen LogP contribution in [0.15, 0.2) is 48.5 Å². The number of nitrogens with zero attached hydrogens (tertiary/aromatic N) is 1. The van der Waals surface area contributed by atoms with Crippen LogP contribution >= 0.6 is 11.6 Å². The third-order valence-electron chi connectivity index (χ3n) is 4.29. The summed E-state index contributed by atoms with van der Waals surface area (Å²) in [6, 6.07) is 13.6. The van der Waals surface area contributed by atoms with E-state index in [1.807, 2.05) is 30.3 Å². The molecule has 0 saturated heterocycles. The van der Waals surface area contributed by atoms with Gasteiger partial charge < -0.3 is 5.32 Å². The maximum Gasteiger partial charge on any atom is 0.270 e. The topological polar surface area (TPSA) is 72.2 Å². The molecular formula is C17H15ClN2O3. The normalized spacial score (nSPS) is 15.5. The molecule has 1 aliphatic carbocycles. The summed E-state index contributed by atoms with van der Waals surface area (Å²) >= 11 is 6.05. The van der Waals surface area contributed by atoms with Gasteiger partial charge in [0.1, 0.15) is 0 Å². The highest BCUT2D eigenvalue weighted by Crippen LogP contribution is 2.41. The molecule has 0 aromatic heterocycles. The minimum absolute atomic E-state index is 0.128. The second kappa shape index (κ2) is 6.01. The molecule has 6 heteroatoms. The number of benzene rings is 2. The van der Waals surface area contributed by atoms with Crippen molar-refractivity contribution in [1.82, 2.24) is 5.32 Å². The van der Waals surface area contributed by atoms with Crippen molar-refractivity contribution in [3.8, 4) is 0 Å². The highest BCUT2D eigenvalue weighted by atomic mass is 35.5. The van der Waals surface area contributed by atoms with E-state index in [0.717, 1.165) is 24.8 Å². The van der Waals surface area contributed by atoms with Gasteiger partial charge in [-0.15, -0.1) is 0 Å². The minimum Gasteiger partial charge on any atom is -0.342 e. The van der Waals surface area contributed by atoms with Crippen LogP contribution in [-0.4, -0.2) is 10.8 Å². The van der Waals surface area contributed by atoms with Crippen LogP contribution in [0.4, 0.5) is 5.69 Å². The van der Waals surface area contributed by atoms with Gasteiger partial charge in [0, 0.05) is 12.1 Å². The lowest BCUT2D eigenvalue weighted by Gasteiger charge is -2.43. The van der Waals surface area contributed by atoms with E-state index in [-0.39, 0.29) is 22.2 Å². The van der Waals surface area contributed by atoms with Crippen LogP contribution in [0.25, 0.3) is 0 Å². The molecule has 0 heterocycles. The number of hydrogen-bond donors (Lipinski definition) is 1. The SMILES string of the molecule is O=C(NC1(c2ccccc2)CCC1)c1cc([N+](=O)[O-])ccc1Cl. The molecule has 0 bridgehead atoms. The Morgan fingerprint density at radius 3 is 2.43 bits per heavy atom. The van der Waals surface area contributed by atoms with Gasteiger partial charge in [-0.1, -0.05) is 41.9 Å². The van der Waals surface area contributed by atoms with Crippen LogP contribution in [0, 0.1) is 10.1 Å². The Kier molecular flexibility index (Phi) is 4.05. The summed E-state index contributed by atoms with van der Waals surface area (Å²) in [6.07, 6.45) is 2.71. The van der Waals surface area contributed by atoms with Crippen molar-refractivity contribution in [2.24, 2.45) is 0 Å². The first-order valence-electron chi connectivity index (χ1n) is 7.34. The van der Waals surface area contributed by atoms with E-state index in [1.165, 1.54) is 18.2 Å². The molecule has 1 aliphatic rings. The average Bonchev–Trinajstić information content (AvgIpc) is 2.51. The zero-order chi connectivity index (χ0) is 16.4. The number of nitrogens with one attached hydrogen (secondary N) is 1. The Balaban J connectivity index is 1.89. The summed E-state index contributed by atoms with van der Waals surface area (Å²) in [7, 11) is 0. The number of carbonyl (C=O) groups is 1. The van der Waals surface area contributed by atoms with Crippen LogP contribution < -0.4 is 5.32 Å². The van der Waals surface area contributed by atoms with E-state index in [0.29, 0.717) is 0 Å². The Labute approximate surface area is 138 Å². The zero-order valence-corrected chi connectivity index (χ0v) is 13.0. The Morgan fingerprint density at radius 2 is 1.87 bits per heavy atom. The lowest BCUT2D eigenvalue weighted by molar-refractivity contribution is -0.384. The lowest BCUT2D eigenvalue weighted by Crippen LogP contribution is -2.50. The van der Waals surface area contributed by atoms with Crippen molar-refractivity contribution in [2.45, 2.75) is 24.8 Å². The standard InChI is InChI=1S/C17H15ClN2O3/c18-15-8-7-13(20(22)23)11-14(15)16(21)19-17(9-4-10-17)12-5-2-1-3-6-12/h1-3,5-8,11H,4,9-10H2,(H,19,21). The summed E-state index contributed by atoms with van der Waals surface area (Å²) in [5.74, 6) is -0.387. The molecule has 2 aromatic rings. The van der Waals surface area contributed by atoms with Crippen LogP contribution in [0.2, 0.25) is 5.02 Å². The van der Waals surface area contributed by atoms with Crippen molar-refractivity contribution in [1.29, 1.82) is 0 Å². The average molecular weight is 331 g/mol. The minimum atomic E-state index is -0.538. The molecule has 0 spiro atoms. The van der Waals surface area contributed by atoms with E-state index in [1.54, 1.807) is 0 Å². The fourth-order valence-electron chi connectivity index (χ4n) is 2.86. The maximum atomic E-state index is 12.6. The molecule has 0 radical (unpaired) electrons. The number of non-ortho nitro benzene ring substituents is 1. The number of amides is 1. The molecular weight excluding hydrogens is 316 g/mol. The maximum absolute atomic E-state index is 12.6. The molecule has 0 aliphatic heterocycles. The van der Waals surface area contributed by atoms with Gasteiger partial charge in [0.25, 0.3) is 11.6 Å². The highest BCUT2D eigenvalue weighted by molar-refractivity contribution is 6.34. The number of rotatable bonds is 4. The highest BCUT2D eigenvalue weighted by Gasteiger charge is 2.40. The Bertz CT molecular complexity index is 758. The van der Waals surface area contributed by atoms with E-state index in [4.69, 9.17) is 11.6 Å². The third kappa shape index (κ3) is 2.92. The Hall–Kier alpha value is -2.40. The van der Waals surface area contributed by atoms with Crippen molar-refractivity contribution in [3.05, 3.63) is 74.8 Å². The molecule has 0 unspecified atom stereocenters. The zero-order valence-electron chi connectivity index (χ0n) is 12.3. The summed E-state index contributed by atoms with van der Waals surface area (Å²) in [5, 5.41) is 14.1. The molecule has 118 valence electrons. The van der Waals surface area contributed by atoms with Gasteiger partial charge in [0.2, 0.25) is 0 Å². The van der Waals surface area contributed by atoms with Gasteiger partial charge in [0.05, 0.1) is 21.0 Å². The van der Waals surface area contributed by atoms with Gasteiger partial charge in [-0.05, 0) is 30.9 Å². The van der Waals surface area contributed by atoms with Crippen molar-refractivity contribution in [2.75, 3.05) is 0 Å². The molecule has 1 amide bonds. The fourth-order valence-corrected chi connectivity index (χ4v) is 3.06. The second-order valence-electron chi connectivity index (χ2n) is 5.68. The van der Waals surface area contributed by atoms with Crippen molar-refractivity contribution < 1.29 is 9.72 Å². The van der Waals surface area contributed by atoms with Gasteiger partial charge >= 0.3 is 0 Å². The summed E-state index contributed by atoms with van der Waals surface area (Å²) in [6.45, 7) is 0. The number of nitro benzene ring substituents is 1. The van der Waals surface area contributed by atoms with E-state index in [9.17, 15) is 14.9 Å². The fraction of sp³-hybridized carbons (Fsp3) is 0.235. The molecule has 3 rings (SSSR count). The van der Waals surface area contributed by atoms with Gasteiger partial charge in [-0.25, -0.2) is 0 Å². The molecule has 1 fully saturated rings. The largest absolute Gasteiger partial charge is 0.342 e. The van der Waals surface area contributed by atoms with E-state index >= 15 is 0 Å². The first kappa shape index (κ1) is 15.5. The molecule has 0 atom stereocenters. The monoisotopic (exact) mass is 330 g/mol. The van der Waals surface area contributed by atoms with Gasteiger partial charge in [-0.3, -0.25) is 14.9 Å². The number of hydrogen-bond acceptors (Lipinski definition) is 3. The summed E-state index contributed by atoms with van der Waals surface area (Å²) in [4.78, 5) is 23.0. The third-order valence-corrected chi connectivity index (χ3v) is 4.62. The van der Waals surface area contributed by atoms with Crippen LogP contribution in [0.3, 0.4) is 0 Å². The van der Waals surface area contributed by atoms with E-state index in [2.05, 4.69) is 5.32 Å². The molecule has 1 N–H and O–H groups in total. The predicted octanol–water partition coefficient (Wildman–Crippen LogP) is 4.06. The molecule has 2 aromatic carbocycles. The summed E-state index contributed by atoms with van der Waals surface area (Å²) in [5.41, 5.74) is 0.609. The molecule has 23 heavy (non-hydrogen) atoms. The van der Waals surface area contributed by atoms with Crippen LogP contribution in [-0.2, 0) is 5.54 Å². The number of nitro groups is 1.